The molecule has 0 aliphatic rings. The van der Waals surface area contributed by atoms with E-state index in [2.05, 4.69) is 34.0 Å². The molecular weight excluding hydrogens is 266 g/mol. The van der Waals surface area contributed by atoms with Crippen LogP contribution in [0.25, 0.3) is 0 Å². The summed E-state index contributed by atoms with van der Waals surface area (Å²) in [5.41, 5.74) is 4.32. The number of hydrogen-bond donors (Lipinski definition) is 3. The van der Waals surface area contributed by atoms with Gasteiger partial charge in [-0.15, -0.1) is 0 Å². The Balaban J connectivity index is 3.61. The SMILES string of the molecule is CCOC(=O)NNC(=O)NCCC[Si](C)(C)OCC. The average Bonchev–Trinajstić information content (AvgIpc) is 2.32. The van der Waals surface area contributed by atoms with Crippen LogP contribution in [0, 0.1) is 0 Å². The first-order chi connectivity index (χ1) is 8.91. The Morgan fingerprint density at radius 2 is 1.79 bits per heavy atom. The average molecular weight is 291 g/mol. The van der Waals surface area contributed by atoms with Crippen molar-refractivity contribution >= 4 is 20.4 Å². The standard InChI is InChI=1S/C11H25N3O4Si/c1-5-17-11(16)14-13-10(15)12-8-7-9-19(3,4)18-6-2/h5-9H2,1-4H3,(H,14,16)(H2,12,13,15). The molecule has 0 aromatic carbocycles. The molecule has 112 valence electrons. The number of carbonyl (C=O) groups excluding carboxylic acids is 2. The van der Waals surface area contributed by atoms with Gasteiger partial charge in [0.1, 0.15) is 0 Å². The van der Waals surface area contributed by atoms with Gasteiger partial charge in [-0.1, -0.05) is 0 Å². The van der Waals surface area contributed by atoms with Crippen molar-refractivity contribution in [2.45, 2.75) is 39.4 Å². The number of carbonyl (C=O) groups is 2. The number of hydrazine groups is 1. The predicted octanol–water partition coefficient (Wildman–Crippen LogP) is 1.58. The van der Waals surface area contributed by atoms with Gasteiger partial charge in [0.2, 0.25) is 0 Å². The Labute approximate surface area is 115 Å². The lowest BCUT2D eigenvalue weighted by molar-refractivity contribution is 0.147. The third-order valence-corrected chi connectivity index (χ3v) is 4.96. The molecule has 3 N–H and O–H groups in total. The highest BCUT2D eigenvalue weighted by molar-refractivity contribution is 6.71. The zero-order chi connectivity index (χ0) is 14.7. The smallest absolute Gasteiger partial charge is 0.426 e. The van der Waals surface area contributed by atoms with Crippen molar-refractivity contribution in [3.63, 3.8) is 0 Å². The number of urea groups is 1. The summed E-state index contributed by atoms with van der Waals surface area (Å²) in [5.74, 6) is 0. The molecule has 7 nitrogen and oxygen atoms in total. The Hall–Kier alpha value is -1.28. The molecule has 0 bridgehead atoms. The van der Waals surface area contributed by atoms with Crippen molar-refractivity contribution in [2.75, 3.05) is 19.8 Å². The number of rotatable bonds is 7. The van der Waals surface area contributed by atoms with Gasteiger partial charge in [0, 0.05) is 13.2 Å². The van der Waals surface area contributed by atoms with Crippen molar-refractivity contribution in [3.05, 3.63) is 0 Å². The summed E-state index contributed by atoms with van der Waals surface area (Å²) >= 11 is 0. The van der Waals surface area contributed by atoms with Gasteiger partial charge in [0.15, 0.2) is 8.32 Å². The largest absolute Gasteiger partial charge is 0.449 e. The Bertz CT molecular complexity index is 287. The van der Waals surface area contributed by atoms with Crippen LogP contribution in [0.5, 0.6) is 0 Å². The van der Waals surface area contributed by atoms with Crippen LogP contribution in [-0.2, 0) is 9.16 Å². The van der Waals surface area contributed by atoms with E-state index in [1.54, 1.807) is 6.92 Å². The Kier molecular flexibility index (Phi) is 8.97. The molecule has 0 aliphatic heterocycles. The molecule has 0 atom stereocenters. The quantitative estimate of drug-likeness (QED) is 0.377. The van der Waals surface area contributed by atoms with Gasteiger partial charge >= 0.3 is 12.1 Å². The second kappa shape index (κ2) is 9.62. The van der Waals surface area contributed by atoms with E-state index in [9.17, 15) is 9.59 Å². The normalized spacial score (nSPS) is 10.7. The van der Waals surface area contributed by atoms with Crippen molar-refractivity contribution < 1.29 is 18.8 Å². The van der Waals surface area contributed by atoms with E-state index < -0.39 is 20.4 Å². The molecular formula is C11H25N3O4Si. The Morgan fingerprint density at radius 3 is 2.37 bits per heavy atom. The first kappa shape index (κ1) is 17.7. The van der Waals surface area contributed by atoms with Crippen LogP contribution in [0.4, 0.5) is 9.59 Å². The van der Waals surface area contributed by atoms with E-state index in [1.807, 2.05) is 6.92 Å². The summed E-state index contributed by atoms with van der Waals surface area (Å²) in [6, 6.07) is 0.524. The number of nitrogens with one attached hydrogen (secondary N) is 3. The van der Waals surface area contributed by atoms with E-state index in [1.165, 1.54) is 0 Å². The molecule has 0 aromatic heterocycles. The summed E-state index contributed by atoms with van der Waals surface area (Å²) < 4.78 is 10.3. The second-order valence-electron chi connectivity index (χ2n) is 4.52. The monoisotopic (exact) mass is 291 g/mol. The zero-order valence-corrected chi connectivity index (χ0v) is 13.2. The van der Waals surface area contributed by atoms with Gasteiger partial charge < -0.3 is 14.5 Å². The van der Waals surface area contributed by atoms with Crippen LogP contribution in [0.15, 0.2) is 0 Å². The molecule has 0 spiro atoms. The zero-order valence-electron chi connectivity index (χ0n) is 12.2. The van der Waals surface area contributed by atoms with E-state index in [0.29, 0.717) is 6.54 Å². The highest BCUT2D eigenvalue weighted by Crippen LogP contribution is 2.12. The minimum absolute atomic E-state index is 0.256. The molecule has 19 heavy (non-hydrogen) atoms. The van der Waals surface area contributed by atoms with Crippen molar-refractivity contribution in [3.8, 4) is 0 Å². The number of hydrogen-bond acceptors (Lipinski definition) is 4. The highest BCUT2D eigenvalue weighted by Gasteiger charge is 2.20. The maximum Gasteiger partial charge on any atom is 0.426 e. The van der Waals surface area contributed by atoms with Crippen LogP contribution < -0.4 is 16.2 Å². The van der Waals surface area contributed by atoms with E-state index in [0.717, 1.165) is 19.1 Å². The van der Waals surface area contributed by atoms with Crippen molar-refractivity contribution in [1.82, 2.24) is 16.2 Å². The third-order valence-electron chi connectivity index (χ3n) is 2.33. The summed E-state index contributed by atoms with van der Waals surface area (Å²) in [7, 11) is -1.58. The number of ether oxygens (including phenoxy) is 1. The molecule has 0 aromatic rings. The van der Waals surface area contributed by atoms with Crippen LogP contribution in [-0.4, -0.2) is 40.2 Å². The lowest BCUT2D eigenvalue weighted by Gasteiger charge is -2.21. The fourth-order valence-corrected chi connectivity index (χ4v) is 3.45. The van der Waals surface area contributed by atoms with E-state index in [-0.39, 0.29) is 6.61 Å². The fraction of sp³-hybridized carbons (Fsp3) is 0.818. The van der Waals surface area contributed by atoms with Crippen LogP contribution in [0.1, 0.15) is 20.3 Å². The number of amides is 3. The van der Waals surface area contributed by atoms with E-state index in [4.69, 9.17) is 4.43 Å². The molecule has 0 saturated heterocycles. The molecule has 0 fully saturated rings. The molecule has 0 heterocycles. The minimum Gasteiger partial charge on any atom is -0.449 e. The maximum absolute atomic E-state index is 11.3. The molecule has 0 saturated carbocycles. The van der Waals surface area contributed by atoms with Crippen LogP contribution in [0.2, 0.25) is 19.1 Å². The summed E-state index contributed by atoms with van der Waals surface area (Å²) in [6.45, 7) is 9.51. The molecule has 3 amide bonds. The summed E-state index contributed by atoms with van der Waals surface area (Å²) in [6.07, 6.45) is 0.175. The molecule has 0 aliphatic carbocycles. The first-order valence-corrected chi connectivity index (χ1v) is 9.63. The highest BCUT2D eigenvalue weighted by atomic mass is 28.4. The molecule has 0 unspecified atom stereocenters. The van der Waals surface area contributed by atoms with E-state index >= 15 is 0 Å². The van der Waals surface area contributed by atoms with Crippen LogP contribution >= 0.6 is 0 Å². The topological polar surface area (TPSA) is 88.7 Å². The third kappa shape index (κ3) is 10.3. The van der Waals surface area contributed by atoms with Gasteiger partial charge in [0.25, 0.3) is 0 Å². The minimum atomic E-state index is -1.58. The van der Waals surface area contributed by atoms with Gasteiger partial charge in [-0.3, -0.25) is 0 Å². The molecule has 0 radical (unpaired) electrons. The molecule has 0 rings (SSSR count). The fourth-order valence-electron chi connectivity index (χ4n) is 1.50. The predicted molar refractivity (Wildman–Crippen MR) is 75.2 cm³/mol. The van der Waals surface area contributed by atoms with Crippen LogP contribution in [0.3, 0.4) is 0 Å². The van der Waals surface area contributed by atoms with Crippen molar-refractivity contribution in [1.29, 1.82) is 0 Å². The lowest BCUT2D eigenvalue weighted by atomic mass is 10.5. The van der Waals surface area contributed by atoms with Gasteiger partial charge in [-0.05, 0) is 39.4 Å². The van der Waals surface area contributed by atoms with Gasteiger partial charge in [0.05, 0.1) is 6.61 Å². The lowest BCUT2D eigenvalue weighted by Crippen LogP contribution is -2.47. The summed E-state index contributed by atoms with van der Waals surface area (Å²) in [4.78, 5) is 22.2. The summed E-state index contributed by atoms with van der Waals surface area (Å²) in [5, 5.41) is 2.64. The molecule has 8 heteroatoms. The van der Waals surface area contributed by atoms with Crippen molar-refractivity contribution in [2.24, 2.45) is 0 Å². The maximum atomic E-state index is 11.3. The second-order valence-corrected chi connectivity index (χ2v) is 8.83. The van der Waals surface area contributed by atoms with Gasteiger partial charge in [-0.2, -0.15) is 0 Å². The van der Waals surface area contributed by atoms with Gasteiger partial charge in [-0.25, -0.2) is 20.4 Å². The first-order valence-electron chi connectivity index (χ1n) is 6.52. The Morgan fingerprint density at radius 1 is 1.11 bits per heavy atom.